The molecule has 2 atom stereocenters. The molecule has 0 saturated heterocycles. The molecule has 0 fully saturated rings. The van der Waals surface area contributed by atoms with Crippen molar-refractivity contribution in [2.75, 3.05) is 19.4 Å². The average molecular weight is 262 g/mol. The summed E-state index contributed by atoms with van der Waals surface area (Å²) in [5, 5.41) is 15.4. The summed E-state index contributed by atoms with van der Waals surface area (Å²) in [6, 6.07) is 0.116. The average Bonchev–Trinajstić information content (AvgIpc) is 2.27. The first-order chi connectivity index (χ1) is 7.86. The molecule has 0 bridgehead atoms. The molecule has 4 nitrogen and oxygen atoms in total. The highest BCUT2D eigenvalue weighted by atomic mass is 32.2. The second kappa shape index (κ2) is 7.95. The fraction of sp³-hybridized carbons (Fsp3) is 0.917. The van der Waals surface area contributed by atoms with Crippen LogP contribution in [0.2, 0.25) is 0 Å². The Morgan fingerprint density at radius 2 is 2.06 bits per heavy atom. The topological polar surface area (TPSA) is 61.4 Å². The predicted molar refractivity (Wildman–Crippen MR) is 74.4 cm³/mol. The van der Waals surface area contributed by atoms with E-state index in [1.807, 2.05) is 34.0 Å². The Morgan fingerprint density at radius 3 is 2.47 bits per heavy atom. The highest BCUT2D eigenvalue weighted by molar-refractivity contribution is 7.99. The van der Waals surface area contributed by atoms with Crippen LogP contribution in [0.25, 0.3) is 0 Å². The van der Waals surface area contributed by atoms with Crippen molar-refractivity contribution in [3.05, 3.63) is 0 Å². The van der Waals surface area contributed by atoms with Crippen LogP contribution in [0.4, 0.5) is 0 Å². The SMILES string of the molecule is CCC(C)(C)NC(=O)CNC(C)C(CO)SC. The van der Waals surface area contributed by atoms with Crippen LogP contribution in [0.1, 0.15) is 34.1 Å². The lowest BCUT2D eigenvalue weighted by Gasteiger charge is -2.26. The van der Waals surface area contributed by atoms with Crippen molar-refractivity contribution in [2.24, 2.45) is 0 Å². The number of thioether (sulfide) groups is 1. The molecule has 102 valence electrons. The van der Waals surface area contributed by atoms with Crippen molar-refractivity contribution >= 4 is 17.7 Å². The Labute approximate surface area is 109 Å². The molecule has 0 aliphatic heterocycles. The van der Waals surface area contributed by atoms with Crippen molar-refractivity contribution < 1.29 is 9.90 Å². The van der Waals surface area contributed by atoms with Crippen molar-refractivity contribution in [1.82, 2.24) is 10.6 Å². The summed E-state index contributed by atoms with van der Waals surface area (Å²) in [5.41, 5.74) is -0.155. The van der Waals surface area contributed by atoms with Crippen LogP contribution in [0.15, 0.2) is 0 Å². The third kappa shape index (κ3) is 6.91. The van der Waals surface area contributed by atoms with Gasteiger partial charge < -0.3 is 15.7 Å². The van der Waals surface area contributed by atoms with Crippen LogP contribution in [-0.2, 0) is 4.79 Å². The van der Waals surface area contributed by atoms with Gasteiger partial charge in [-0.15, -0.1) is 0 Å². The first kappa shape index (κ1) is 16.7. The molecule has 0 rings (SSSR count). The Morgan fingerprint density at radius 1 is 1.47 bits per heavy atom. The fourth-order valence-corrected chi connectivity index (χ4v) is 1.99. The van der Waals surface area contributed by atoms with E-state index in [4.69, 9.17) is 5.11 Å². The molecule has 0 spiro atoms. The lowest BCUT2D eigenvalue weighted by atomic mass is 10.0. The summed E-state index contributed by atoms with van der Waals surface area (Å²) in [6.45, 7) is 8.46. The van der Waals surface area contributed by atoms with Gasteiger partial charge in [-0.25, -0.2) is 0 Å². The van der Waals surface area contributed by atoms with Crippen molar-refractivity contribution in [3.8, 4) is 0 Å². The third-order valence-electron chi connectivity index (χ3n) is 2.99. The second-order valence-corrected chi connectivity index (χ2v) is 5.99. The number of hydrogen-bond acceptors (Lipinski definition) is 4. The zero-order valence-corrected chi connectivity index (χ0v) is 12.4. The molecule has 5 heteroatoms. The summed E-state index contributed by atoms with van der Waals surface area (Å²) in [4.78, 5) is 11.7. The molecule has 0 aromatic heterocycles. The fourth-order valence-electron chi connectivity index (χ4n) is 1.33. The summed E-state index contributed by atoms with van der Waals surface area (Å²) >= 11 is 1.60. The first-order valence-corrected chi connectivity index (χ1v) is 7.33. The van der Waals surface area contributed by atoms with Crippen LogP contribution < -0.4 is 10.6 Å². The zero-order chi connectivity index (χ0) is 13.5. The molecule has 0 saturated carbocycles. The van der Waals surface area contributed by atoms with Gasteiger partial charge in [0.25, 0.3) is 0 Å². The number of hydrogen-bond donors (Lipinski definition) is 3. The number of carbonyl (C=O) groups excluding carboxylic acids is 1. The molecule has 0 radical (unpaired) electrons. The second-order valence-electron chi connectivity index (χ2n) is 4.91. The summed E-state index contributed by atoms with van der Waals surface area (Å²) < 4.78 is 0. The molecule has 0 aliphatic carbocycles. The minimum absolute atomic E-state index is 0.00138. The predicted octanol–water partition coefficient (Wildman–Crippen LogP) is 0.993. The van der Waals surface area contributed by atoms with Crippen LogP contribution in [0.3, 0.4) is 0 Å². The largest absolute Gasteiger partial charge is 0.395 e. The van der Waals surface area contributed by atoms with Crippen LogP contribution in [0.5, 0.6) is 0 Å². The van der Waals surface area contributed by atoms with Crippen molar-refractivity contribution in [3.63, 3.8) is 0 Å². The van der Waals surface area contributed by atoms with Gasteiger partial charge in [-0.3, -0.25) is 4.79 Å². The molecule has 0 heterocycles. The molecule has 0 aromatic carbocycles. The zero-order valence-electron chi connectivity index (χ0n) is 11.5. The van der Waals surface area contributed by atoms with Gasteiger partial charge in [0.05, 0.1) is 13.2 Å². The standard InChI is InChI=1S/C12H26N2O2S/c1-6-12(3,4)14-11(16)7-13-9(2)10(8-15)17-5/h9-10,13,15H,6-8H2,1-5H3,(H,14,16). The van der Waals surface area contributed by atoms with Gasteiger partial charge in [-0.05, 0) is 33.4 Å². The summed E-state index contributed by atoms with van der Waals surface area (Å²) in [6.07, 6.45) is 2.86. The van der Waals surface area contributed by atoms with Crippen LogP contribution >= 0.6 is 11.8 Å². The van der Waals surface area contributed by atoms with E-state index in [9.17, 15) is 4.79 Å². The summed E-state index contributed by atoms with van der Waals surface area (Å²) in [5.74, 6) is 0.00138. The molecule has 1 amide bonds. The van der Waals surface area contributed by atoms with E-state index in [0.29, 0.717) is 6.54 Å². The lowest BCUT2D eigenvalue weighted by Crippen LogP contribution is -2.49. The maximum absolute atomic E-state index is 11.7. The number of rotatable bonds is 8. The maximum atomic E-state index is 11.7. The van der Waals surface area contributed by atoms with Crippen molar-refractivity contribution in [1.29, 1.82) is 0 Å². The van der Waals surface area contributed by atoms with Gasteiger partial charge in [-0.1, -0.05) is 6.92 Å². The van der Waals surface area contributed by atoms with E-state index >= 15 is 0 Å². The minimum Gasteiger partial charge on any atom is -0.395 e. The molecule has 0 aromatic rings. The van der Waals surface area contributed by atoms with Gasteiger partial charge in [0.15, 0.2) is 0 Å². The van der Waals surface area contributed by atoms with Gasteiger partial charge in [-0.2, -0.15) is 11.8 Å². The number of aliphatic hydroxyl groups excluding tert-OH is 1. The molecule has 17 heavy (non-hydrogen) atoms. The molecule has 0 aliphatic rings. The minimum atomic E-state index is -0.155. The molecule has 2 unspecified atom stereocenters. The third-order valence-corrected chi connectivity index (χ3v) is 4.15. The van der Waals surface area contributed by atoms with E-state index in [1.54, 1.807) is 11.8 Å². The summed E-state index contributed by atoms with van der Waals surface area (Å²) in [7, 11) is 0. The highest BCUT2D eigenvalue weighted by Crippen LogP contribution is 2.10. The lowest BCUT2D eigenvalue weighted by molar-refractivity contribution is -0.122. The van der Waals surface area contributed by atoms with E-state index in [1.165, 1.54) is 0 Å². The van der Waals surface area contributed by atoms with E-state index in [-0.39, 0.29) is 29.3 Å². The van der Waals surface area contributed by atoms with Crippen LogP contribution in [-0.4, -0.2) is 47.3 Å². The number of nitrogens with one attached hydrogen (secondary N) is 2. The Bertz CT molecular complexity index is 231. The van der Waals surface area contributed by atoms with E-state index < -0.39 is 0 Å². The maximum Gasteiger partial charge on any atom is 0.234 e. The smallest absolute Gasteiger partial charge is 0.234 e. The van der Waals surface area contributed by atoms with Crippen molar-refractivity contribution in [2.45, 2.75) is 50.9 Å². The first-order valence-electron chi connectivity index (χ1n) is 6.04. The number of amides is 1. The van der Waals surface area contributed by atoms with Gasteiger partial charge in [0.2, 0.25) is 5.91 Å². The van der Waals surface area contributed by atoms with E-state index in [0.717, 1.165) is 6.42 Å². The van der Waals surface area contributed by atoms with Gasteiger partial charge in [0, 0.05) is 16.8 Å². The van der Waals surface area contributed by atoms with Gasteiger partial charge >= 0.3 is 0 Å². The Balaban J connectivity index is 3.99. The highest BCUT2D eigenvalue weighted by Gasteiger charge is 2.19. The van der Waals surface area contributed by atoms with Gasteiger partial charge in [0.1, 0.15) is 0 Å². The molecule has 3 N–H and O–H groups in total. The van der Waals surface area contributed by atoms with Crippen LogP contribution in [0, 0.1) is 0 Å². The normalized spacial score (nSPS) is 15.4. The quantitative estimate of drug-likeness (QED) is 0.610. The Kier molecular flexibility index (Phi) is 7.83. The monoisotopic (exact) mass is 262 g/mol. The van der Waals surface area contributed by atoms with E-state index in [2.05, 4.69) is 10.6 Å². The Hall–Kier alpha value is -0.260. The number of aliphatic hydroxyl groups is 1. The molecular weight excluding hydrogens is 236 g/mol. The molecular formula is C12H26N2O2S. The number of carbonyl (C=O) groups is 1.